The van der Waals surface area contributed by atoms with Gasteiger partial charge < -0.3 is 10.5 Å². The molecule has 2 N–H and O–H groups in total. The second-order valence-corrected chi connectivity index (χ2v) is 4.49. The van der Waals surface area contributed by atoms with Gasteiger partial charge in [-0.05, 0) is 36.8 Å². The zero-order valence-corrected chi connectivity index (χ0v) is 10.9. The van der Waals surface area contributed by atoms with Crippen LogP contribution in [0.25, 0.3) is 0 Å². The highest BCUT2D eigenvalue weighted by molar-refractivity contribution is 7.80. The highest BCUT2D eigenvalue weighted by Gasteiger charge is 2.14. The third-order valence-corrected chi connectivity index (χ3v) is 2.73. The van der Waals surface area contributed by atoms with Crippen LogP contribution in [0.3, 0.4) is 0 Å². The molecule has 0 saturated heterocycles. The Balaban J connectivity index is 2.38. The summed E-state index contributed by atoms with van der Waals surface area (Å²) in [5.74, 6) is -1.79. The lowest BCUT2D eigenvalue weighted by atomic mass is 10.2. The molecule has 2 rings (SSSR count). The van der Waals surface area contributed by atoms with Crippen molar-refractivity contribution in [1.29, 1.82) is 0 Å². The maximum atomic E-state index is 13.8. The molecule has 0 aliphatic rings. The van der Waals surface area contributed by atoms with Crippen LogP contribution in [0.2, 0.25) is 0 Å². The van der Waals surface area contributed by atoms with Gasteiger partial charge in [0.2, 0.25) is 0 Å². The lowest BCUT2D eigenvalue weighted by Gasteiger charge is -2.09. The summed E-state index contributed by atoms with van der Waals surface area (Å²) in [7, 11) is 0. The van der Waals surface area contributed by atoms with E-state index in [4.69, 9.17) is 10.5 Å². The molecule has 0 heterocycles. The highest BCUT2D eigenvalue weighted by atomic mass is 32.1. The van der Waals surface area contributed by atoms with Crippen LogP contribution < -0.4 is 10.5 Å². The third kappa shape index (κ3) is 3.06. The van der Waals surface area contributed by atoms with E-state index in [9.17, 15) is 8.78 Å². The zero-order chi connectivity index (χ0) is 14.0. The van der Waals surface area contributed by atoms with Gasteiger partial charge in [-0.1, -0.05) is 24.4 Å². The number of halogens is 2. The number of benzene rings is 2. The molecule has 0 bridgehead atoms. The van der Waals surface area contributed by atoms with Gasteiger partial charge in [-0.2, -0.15) is 0 Å². The van der Waals surface area contributed by atoms with Crippen molar-refractivity contribution in [2.45, 2.75) is 6.92 Å². The first kappa shape index (κ1) is 13.4. The van der Waals surface area contributed by atoms with Crippen LogP contribution in [0, 0.1) is 18.6 Å². The zero-order valence-electron chi connectivity index (χ0n) is 10.1. The topological polar surface area (TPSA) is 35.2 Å². The Kier molecular flexibility index (Phi) is 3.76. The fraction of sp³-hybridized carbons (Fsp3) is 0.0714. The lowest BCUT2D eigenvalue weighted by molar-refractivity contribution is 0.407. The molecule has 0 radical (unpaired) electrons. The first-order valence-electron chi connectivity index (χ1n) is 5.51. The summed E-state index contributed by atoms with van der Waals surface area (Å²) in [4.78, 5) is -0.0695. The van der Waals surface area contributed by atoms with Crippen molar-refractivity contribution in [2.24, 2.45) is 5.73 Å². The Morgan fingerprint density at radius 1 is 1.16 bits per heavy atom. The van der Waals surface area contributed by atoms with Crippen LogP contribution in [0.5, 0.6) is 11.5 Å². The van der Waals surface area contributed by atoms with Crippen molar-refractivity contribution in [1.82, 2.24) is 0 Å². The van der Waals surface area contributed by atoms with Crippen LogP contribution in [-0.4, -0.2) is 4.99 Å². The van der Waals surface area contributed by atoms with Gasteiger partial charge in [0, 0.05) is 5.56 Å². The van der Waals surface area contributed by atoms with Crippen molar-refractivity contribution in [2.75, 3.05) is 0 Å². The SMILES string of the molecule is Cc1cccc(Oc2c(F)cc(C(N)=S)cc2F)c1. The van der Waals surface area contributed by atoms with E-state index in [1.807, 2.05) is 13.0 Å². The van der Waals surface area contributed by atoms with E-state index in [-0.39, 0.29) is 10.6 Å². The van der Waals surface area contributed by atoms with Gasteiger partial charge in [0.15, 0.2) is 17.4 Å². The van der Waals surface area contributed by atoms with Gasteiger partial charge in [0.05, 0.1) is 0 Å². The van der Waals surface area contributed by atoms with Crippen LogP contribution >= 0.6 is 12.2 Å². The van der Waals surface area contributed by atoms with Gasteiger partial charge in [-0.25, -0.2) is 8.78 Å². The maximum absolute atomic E-state index is 13.8. The fourth-order valence-corrected chi connectivity index (χ4v) is 1.71. The number of hydrogen-bond acceptors (Lipinski definition) is 2. The molecule has 2 nitrogen and oxygen atoms in total. The van der Waals surface area contributed by atoms with E-state index < -0.39 is 17.4 Å². The monoisotopic (exact) mass is 279 g/mol. The second-order valence-electron chi connectivity index (χ2n) is 4.05. The predicted octanol–water partition coefficient (Wildman–Crippen LogP) is 3.70. The van der Waals surface area contributed by atoms with E-state index in [1.54, 1.807) is 18.2 Å². The molecule has 0 aliphatic heterocycles. The van der Waals surface area contributed by atoms with E-state index in [1.165, 1.54) is 0 Å². The molecule has 0 fully saturated rings. The predicted molar refractivity (Wildman–Crippen MR) is 73.5 cm³/mol. The number of aryl methyl sites for hydroxylation is 1. The molecule has 98 valence electrons. The van der Waals surface area contributed by atoms with Crippen molar-refractivity contribution in [3.63, 3.8) is 0 Å². The molecule has 0 spiro atoms. The van der Waals surface area contributed by atoms with E-state index in [0.717, 1.165) is 17.7 Å². The van der Waals surface area contributed by atoms with Crippen molar-refractivity contribution in [3.8, 4) is 11.5 Å². The molecule has 2 aromatic rings. The number of hydrogen-bond donors (Lipinski definition) is 1. The first-order valence-corrected chi connectivity index (χ1v) is 5.91. The quantitative estimate of drug-likeness (QED) is 0.870. The van der Waals surface area contributed by atoms with E-state index in [0.29, 0.717) is 5.75 Å². The maximum Gasteiger partial charge on any atom is 0.198 e. The third-order valence-electron chi connectivity index (χ3n) is 2.49. The molecule has 0 saturated carbocycles. The Labute approximate surface area is 114 Å². The minimum absolute atomic E-state index is 0.0695. The minimum atomic E-state index is -0.843. The fourth-order valence-electron chi connectivity index (χ4n) is 1.60. The smallest absolute Gasteiger partial charge is 0.198 e. The van der Waals surface area contributed by atoms with Crippen LogP contribution in [0.4, 0.5) is 8.78 Å². The molecule has 0 atom stereocenters. The molecule has 5 heteroatoms. The molecule has 0 unspecified atom stereocenters. The highest BCUT2D eigenvalue weighted by Crippen LogP contribution is 2.29. The van der Waals surface area contributed by atoms with Crippen molar-refractivity contribution >= 4 is 17.2 Å². The number of ether oxygens (including phenoxy) is 1. The molecule has 2 aromatic carbocycles. The molecular weight excluding hydrogens is 268 g/mol. The Morgan fingerprint density at radius 3 is 2.32 bits per heavy atom. The standard InChI is InChI=1S/C14H11F2NOS/c1-8-3-2-4-10(5-8)18-13-11(15)6-9(14(17)19)7-12(13)16/h2-7H,1H3,(H2,17,19). The average molecular weight is 279 g/mol. The Morgan fingerprint density at radius 2 is 1.79 bits per heavy atom. The van der Waals surface area contributed by atoms with Crippen LogP contribution in [0.15, 0.2) is 36.4 Å². The summed E-state index contributed by atoms with van der Waals surface area (Å²) in [5.41, 5.74) is 6.39. The lowest BCUT2D eigenvalue weighted by Crippen LogP contribution is -2.10. The summed E-state index contributed by atoms with van der Waals surface area (Å²) < 4.78 is 32.8. The molecule has 0 amide bonds. The Hall–Kier alpha value is -2.01. The number of rotatable bonds is 3. The Bertz CT molecular complexity index is 620. The summed E-state index contributed by atoms with van der Waals surface area (Å²) in [5, 5.41) is 0. The minimum Gasteiger partial charge on any atom is -0.451 e. The summed E-state index contributed by atoms with van der Waals surface area (Å²) in [6, 6.07) is 9.00. The average Bonchev–Trinajstić information content (AvgIpc) is 2.33. The normalized spacial score (nSPS) is 10.3. The van der Waals surface area contributed by atoms with Gasteiger partial charge in [0.25, 0.3) is 0 Å². The summed E-state index contributed by atoms with van der Waals surface area (Å²) in [6.45, 7) is 1.86. The number of thiocarbonyl (C=S) groups is 1. The summed E-state index contributed by atoms with van der Waals surface area (Å²) >= 11 is 4.68. The molecule has 0 aliphatic carbocycles. The molecular formula is C14H11F2NOS. The number of nitrogens with two attached hydrogens (primary N) is 1. The van der Waals surface area contributed by atoms with Crippen molar-refractivity contribution < 1.29 is 13.5 Å². The second kappa shape index (κ2) is 5.32. The molecule has 0 aromatic heterocycles. The summed E-state index contributed by atoms with van der Waals surface area (Å²) in [6.07, 6.45) is 0. The van der Waals surface area contributed by atoms with E-state index >= 15 is 0 Å². The van der Waals surface area contributed by atoms with Gasteiger partial charge in [-0.3, -0.25) is 0 Å². The first-order chi connectivity index (χ1) is 8.97. The van der Waals surface area contributed by atoms with Gasteiger partial charge in [0.1, 0.15) is 10.7 Å². The largest absolute Gasteiger partial charge is 0.451 e. The van der Waals surface area contributed by atoms with Gasteiger partial charge in [-0.15, -0.1) is 0 Å². The van der Waals surface area contributed by atoms with Crippen molar-refractivity contribution in [3.05, 3.63) is 59.2 Å². The molecule has 19 heavy (non-hydrogen) atoms. The van der Waals surface area contributed by atoms with E-state index in [2.05, 4.69) is 12.2 Å². The van der Waals surface area contributed by atoms with Crippen LogP contribution in [0.1, 0.15) is 11.1 Å². The van der Waals surface area contributed by atoms with Gasteiger partial charge >= 0.3 is 0 Å². The van der Waals surface area contributed by atoms with Crippen LogP contribution in [-0.2, 0) is 0 Å².